The molecule has 3 nitrogen and oxygen atoms in total. The number of anilines is 6. The summed E-state index contributed by atoms with van der Waals surface area (Å²) >= 11 is 1.85. The fraction of sp³-hybridized carbons (Fsp3) is 0. The van der Waals surface area contributed by atoms with E-state index in [-0.39, 0.29) is 0 Å². The van der Waals surface area contributed by atoms with Gasteiger partial charge < -0.3 is 14.5 Å². The summed E-state index contributed by atoms with van der Waals surface area (Å²) in [5, 5.41) is 12.2. The Morgan fingerprint density at radius 1 is 0.288 bits per heavy atom. The lowest BCUT2D eigenvalue weighted by Gasteiger charge is -2.35. The van der Waals surface area contributed by atoms with Crippen LogP contribution in [0.25, 0.3) is 76.1 Å². The van der Waals surface area contributed by atoms with Gasteiger partial charge in [-0.25, -0.2) is 0 Å². The second kappa shape index (κ2) is 14.6. The van der Waals surface area contributed by atoms with E-state index in [1.807, 2.05) is 11.8 Å². The molecule has 0 radical (unpaired) electrons. The van der Waals surface area contributed by atoms with E-state index in [9.17, 15) is 0 Å². The lowest BCUT2D eigenvalue weighted by molar-refractivity contribution is 0.478. The van der Waals surface area contributed by atoms with Gasteiger partial charge in [0.25, 0.3) is 0 Å². The molecule has 0 aromatic heterocycles. The van der Waals surface area contributed by atoms with Gasteiger partial charge in [-0.2, -0.15) is 0 Å². The van der Waals surface area contributed by atoms with Gasteiger partial charge in [0.15, 0.2) is 11.5 Å². The summed E-state index contributed by atoms with van der Waals surface area (Å²) in [6, 6.07) is 84.1. The van der Waals surface area contributed by atoms with Crippen LogP contribution in [0.2, 0.25) is 0 Å². The third kappa shape index (κ3) is 5.85. The van der Waals surface area contributed by atoms with Crippen LogP contribution >= 0.6 is 11.8 Å². The van der Waals surface area contributed by atoms with Gasteiger partial charge in [-0.3, -0.25) is 0 Å². The summed E-state index contributed by atoms with van der Waals surface area (Å²) in [6.45, 7) is 0. The zero-order valence-electron chi connectivity index (χ0n) is 35.7. The van der Waals surface area contributed by atoms with Gasteiger partial charge in [-0.05, 0) is 144 Å². The standard InChI is InChI=1S/C62H38N2OS/c1-3-16-42-35-59-56(33-40(42)14-1)63(49-22-11-21-48(32-49)62-51-24-9-6-18-46(51)31-47-19-7-10-25-52(47)62)54-29-27-44(36-58(54)65-59)45-28-30-55-60(38-45)66-61-37-43-17-4-2-15-41(43)34-57(61)64(55)53-26-12-20-39-13-5-8-23-50(39)53/h1-38H. The summed E-state index contributed by atoms with van der Waals surface area (Å²) in [6.07, 6.45) is 0. The maximum absolute atomic E-state index is 6.99. The van der Waals surface area contributed by atoms with Crippen molar-refractivity contribution in [1.82, 2.24) is 0 Å². The monoisotopic (exact) mass is 858 g/mol. The van der Waals surface area contributed by atoms with E-state index in [0.29, 0.717) is 0 Å². The van der Waals surface area contributed by atoms with Crippen molar-refractivity contribution >= 4 is 99.7 Å². The summed E-state index contributed by atoms with van der Waals surface area (Å²) in [5.74, 6) is 1.64. The first-order valence-corrected chi connectivity index (χ1v) is 23.3. The lowest BCUT2D eigenvalue weighted by Crippen LogP contribution is -2.16. The molecule has 0 aliphatic carbocycles. The fourth-order valence-electron chi connectivity index (χ4n) is 10.4. The highest BCUT2D eigenvalue weighted by atomic mass is 32.2. The van der Waals surface area contributed by atoms with E-state index in [0.717, 1.165) is 45.1 Å². The van der Waals surface area contributed by atoms with Gasteiger partial charge in [0.2, 0.25) is 0 Å². The summed E-state index contributed by atoms with van der Waals surface area (Å²) < 4.78 is 6.99. The van der Waals surface area contributed by atoms with Crippen molar-refractivity contribution < 1.29 is 4.74 Å². The number of hydrogen-bond acceptors (Lipinski definition) is 4. The number of ether oxygens (including phenoxy) is 1. The molecule has 14 rings (SSSR count). The molecule has 2 heterocycles. The number of benzene rings is 12. The van der Waals surface area contributed by atoms with E-state index in [4.69, 9.17) is 4.74 Å². The molecule has 0 saturated heterocycles. The molecular weight excluding hydrogens is 821 g/mol. The van der Waals surface area contributed by atoms with E-state index in [2.05, 4.69) is 240 Å². The van der Waals surface area contributed by atoms with Crippen LogP contribution in [-0.4, -0.2) is 0 Å². The summed E-state index contributed by atoms with van der Waals surface area (Å²) in [5.41, 5.74) is 11.3. The van der Waals surface area contributed by atoms with Crippen LogP contribution in [0.5, 0.6) is 11.5 Å². The third-order valence-electron chi connectivity index (χ3n) is 13.5. The Kier molecular flexibility index (Phi) is 8.21. The lowest BCUT2D eigenvalue weighted by atomic mass is 9.91. The molecule has 66 heavy (non-hydrogen) atoms. The quantitative estimate of drug-likeness (QED) is 0.164. The molecule has 0 N–H and O–H groups in total. The van der Waals surface area contributed by atoms with Crippen LogP contribution in [0.1, 0.15) is 0 Å². The van der Waals surface area contributed by atoms with E-state index in [1.54, 1.807) is 0 Å². The molecular formula is C62H38N2OS. The average Bonchev–Trinajstić information content (AvgIpc) is 3.37. The topological polar surface area (TPSA) is 15.7 Å². The SMILES string of the molecule is c1cc(-c2c3ccccc3cc3ccccc23)cc(N2c3ccc(-c4ccc5c(c4)Sc4cc6ccccc6cc4N5c4cccc5ccccc45)cc3Oc3cc4ccccc4cc32)c1. The van der Waals surface area contributed by atoms with Gasteiger partial charge in [0.05, 0.1) is 28.4 Å². The van der Waals surface area contributed by atoms with Gasteiger partial charge in [0, 0.05) is 20.9 Å². The molecule has 12 aromatic carbocycles. The second-order valence-corrected chi connectivity index (χ2v) is 18.4. The molecule has 0 bridgehead atoms. The molecule has 0 amide bonds. The van der Waals surface area contributed by atoms with E-state index < -0.39 is 0 Å². The van der Waals surface area contributed by atoms with Gasteiger partial charge in [-0.1, -0.05) is 169 Å². The molecule has 0 spiro atoms. The zero-order valence-corrected chi connectivity index (χ0v) is 36.5. The molecule has 0 saturated carbocycles. The summed E-state index contributed by atoms with van der Waals surface area (Å²) in [7, 11) is 0. The van der Waals surface area contributed by atoms with Crippen LogP contribution in [0.4, 0.5) is 34.1 Å². The highest BCUT2D eigenvalue weighted by molar-refractivity contribution is 7.99. The minimum Gasteiger partial charge on any atom is -0.453 e. The van der Waals surface area contributed by atoms with Crippen LogP contribution < -0.4 is 14.5 Å². The molecule has 4 heteroatoms. The van der Waals surface area contributed by atoms with Crippen molar-refractivity contribution in [3.8, 4) is 33.8 Å². The second-order valence-electron chi connectivity index (χ2n) is 17.3. The number of fused-ring (bicyclic) bond motifs is 9. The Hall–Kier alpha value is -8.31. The predicted molar refractivity (Wildman–Crippen MR) is 278 cm³/mol. The third-order valence-corrected chi connectivity index (χ3v) is 14.6. The Balaban J connectivity index is 0.916. The maximum Gasteiger partial charge on any atom is 0.152 e. The van der Waals surface area contributed by atoms with Crippen LogP contribution in [0, 0.1) is 0 Å². The van der Waals surface area contributed by atoms with Crippen molar-refractivity contribution in [2.24, 2.45) is 0 Å². The van der Waals surface area contributed by atoms with E-state index >= 15 is 0 Å². The van der Waals surface area contributed by atoms with E-state index in [1.165, 1.54) is 86.5 Å². The minimum atomic E-state index is 0.816. The van der Waals surface area contributed by atoms with Gasteiger partial charge >= 0.3 is 0 Å². The van der Waals surface area contributed by atoms with Crippen molar-refractivity contribution in [2.45, 2.75) is 9.79 Å². The van der Waals surface area contributed by atoms with Gasteiger partial charge in [0.1, 0.15) is 0 Å². The molecule has 0 unspecified atom stereocenters. The number of hydrogen-bond donors (Lipinski definition) is 0. The fourth-order valence-corrected chi connectivity index (χ4v) is 11.5. The molecule has 2 aliphatic rings. The van der Waals surface area contributed by atoms with Crippen molar-refractivity contribution in [1.29, 1.82) is 0 Å². The van der Waals surface area contributed by atoms with Gasteiger partial charge in [-0.15, -0.1) is 0 Å². The smallest absolute Gasteiger partial charge is 0.152 e. The zero-order chi connectivity index (χ0) is 43.3. The van der Waals surface area contributed by atoms with Crippen molar-refractivity contribution in [3.63, 3.8) is 0 Å². The molecule has 0 atom stereocenters. The Labute approximate surface area is 386 Å². The first-order chi connectivity index (χ1) is 32.7. The molecule has 308 valence electrons. The van der Waals surface area contributed by atoms with Crippen LogP contribution in [-0.2, 0) is 0 Å². The minimum absolute atomic E-state index is 0.816. The highest BCUT2D eigenvalue weighted by Crippen LogP contribution is 2.56. The predicted octanol–water partition coefficient (Wildman–Crippen LogP) is 18.3. The van der Waals surface area contributed by atoms with Crippen molar-refractivity contribution in [3.05, 3.63) is 231 Å². The van der Waals surface area contributed by atoms with Crippen molar-refractivity contribution in [2.75, 3.05) is 9.80 Å². The first kappa shape index (κ1) is 37.1. The van der Waals surface area contributed by atoms with Crippen LogP contribution in [0.3, 0.4) is 0 Å². The Morgan fingerprint density at radius 2 is 0.833 bits per heavy atom. The molecule has 2 aliphatic heterocycles. The molecule has 12 aromatic rings. The number of rotatable bonds is 4. The highest BCUT2D eigenvalue weighted by Gasteiger charge is 2.30. The largest absolute Gasteiger partial charge is 0.453 e. The first-order valence-electron chi connectivity index (χ1n) is 22.5. The average molecular weight is 859 g/mol. The Morgan fingerprint density at radius 3 is 1.58 bits per heavy atom. The number of nitrogens with zero attached hydrogens (tertiary/aromatic N) is 2. The van der Waals surface area contributed by atoms with Crippen LogP contribution in [0.15, 0.2) is 240 Å². The summed E-state index contributed by atoms with van der Waals surface area (Å²) in [4.78, 5) is 7.29. The Bertz CT molecular complexity index is 3930. The normalized spacial score (nSPS) is 12.8. The molecule has 0 fully saturated rings. The maximum atomic E-state index is 6.99.